The zero-order chi connectivity index (χ0) is 13.2. The van der Waals surface area contributed by atoms with Gasteiger partial charge in [0.2, 0.25) is 5.88 Å². The Morgan fingerprint density at radius 3 is 2.41 bits per heavy atom. The molecule has 0 saturated heterocycles. The molecule has 0 radical (unpaired) electrons. The lowest BCUT2D eigenvalue weighted by atomic mass is 10.1. The first-order valence-corrected chi connectivity index (χ1v) is 3.99. The van der Waals surface area contributed by atoms with Crippen LogP contribution in [0.5, 0.6) is 5.88 Å². The van der Waals surface area contributed by atoms with Crippen LogP contribution < -0.4 is 10.5 Å². The van der Waals surface area contributed by atoms with Crippen LogP contribution in [0.25, 0.3) is 0 Å². The second-order valence-electron chi connectivity index (χ2n) is 2.77. The second kappa shape index (κ2) is 4.40. The molecule has 0 fully saturated rings. The SMILES string of the molecule is N#Cc1cc(N)nc(OC(F)(F)F)c1C(F)F. The normalized spacial score (nSPS) is 11.4. The average Bonchev–Trinajstić information content (AvgIpc) is 2.12. The van der Waals surface area contributed by atoms with Gasteiger partial charge in [-0.1, -0.05) is 0 Å². The van der Waals surface area contributed by atoms with Crippen molar-refractivity contribution in [2.75, 3.05) is 5.73 Å². The van der Waals surface area contributed by atoms with Gasteiger partial charge in [-0.2, -0.15) is 10.2 Å². The minimum atomic E-state index is -5.20. The quantitative estimate of drug-likeness (QED) is 0.821. The van der Waals surface area contributed by atoms with Gasteiger partial charge < -0.3 is 10.5 Å². The summed E-state index contributed by atoms with van der Waals surface area (Å²) >= 11 is 0. The van der Waals surface area contributed by atoms with Crippen LogP contribution in [0.2, 0.25) is 0 Å². The van der Waals surface area contributed by atoms with Gasteiger partial charge in [-0.05, 0) is 6.07 Å². The number of nitriles is 1. The zero-order valence-corrected chi connectivity index (χ0v) is 7.92. The molecular formula is C8H4F5N3O. The Morgan fingerprint density at radius 1 is 1.41 bits per heavy atom. The highest BCUT2D eigenvalue weighted by atomic mass is 19.4. The number of halogens is 5. The lowest BCUT2D eigenvalue weighted by Gasteiger charge is -2.13. The van der Waals surface area contributed by atoms with Crippen molar-refractivity contribution in [2.45, 2.75) is 12.8 Å². The maximum absolute atomic E-state index is 12.5. The van der Waals surface area contributed by atoms with E-state index in [0.29, 0.717) is 0 Å². The van der Waals surface area contributed by atoms with Crippen LogP contribution in [0.3, 0.4) is 0 Å². The van der Waals surface area contributed by atoms with E-state index < -0.39 is 35.6 Å². The van der Waals surface area contributed by atoms with Gasteiger partial charge in [0.15, 0.2) is 0 Å². The first-order valence-electron chi connectivity index (χ1n) is 3.99. The minimum absolute atomic E-state index is 0.523. The minimum Gasteiger partial charge on any atom is -0.387 e. The summed E-state index contributed by atoms with van der Waals surface area (Å²) < 4.78 is 64.1. The third-order valence-electron chi connectivity index (χ3n) is 1.59. The van der Waals surface area contributed by atoms with Crippen molar-refractivity contribution >= 4 is 5.82 Å². The van der Waals surface area contributed by atoms with Crippen LogP contribution in [-0.2, 0) is 0 Å². The number of nitrogens with two attached hydrogens (primary N) is 1. The van der Waals surface area contributed by atoms with Gasteiger partial charge in [0.1, 0.15) is 5.82 Å². The first kappa shape index (κ1) is 13.0. The monoisotopic (exact) mass is 253 g/mol. The van der Waals surface area contributed by atoms with Crippen molar-refractivity contribution in [3.8, 4) is 11.9 Å². The average molecular weight is 253 g/mol. The van der Waals surface area contributed by atoms with Crippen LogP contribution in [0.4, 0.5) is 27.8 Å². The molecule has 0 amide bonds. The fraction of sp³-hybridized carbons (Fsp3) is 0.250. The van der Waals surface area contributed by atoms with E-state index in [9.17, 15) is 22.0 Å². The molecule has 0 aliphatic carbocycles. The number of aromatic nitrogens is 1. The molecule has 17 heavy (non-hydrogen) atoms. The largest absolute Gasteiger partial charge is 0.574 e. The molecule has 0 spiro atoms. The number of nitrogens with zero attached hydrogens (tertiary/aromatic N) is 2. The molecule has 4 nitrogen and oxygen atoms in total. The molecule has 0 aromatic carbocycles. The standard InChI is InChI=1S/C8H4F5N3O/c9-6(10)5-3(2-14)1-4(15)16-7(5)17-8(11,12)13/h1,6H,(H2,15,16). The van der Waals surface area contributed by atoms with Crippen molar-refractivity contribution in [2.24, 2.45) is 0 Å². The van der Waals surface area contributed by atoms with Crippen molar-refractivity contribution in [3.05, 3.63) is 17.2 Å². The van der Waals surface area contributed by atoms with Crippen LogP contribution in [-0.4, -0.2) is 11.3 Å². The molecule has 1 rings (SSSR count). The molecule has 92 valence electrons. The van der Waals surface area contributed by atoms with Crippen LogP contribution >= 0.6 is 0 Å². The fourth-order valence-electron chi connectivity index (χ4n) is 1.04. The van der Waals surface area contributed by atoms with Crippen LogP contribution in [0, 0.1) is 11.3 Å². The number of hydrogen-bond donors (Lipinski definition) is 1. The number of rotatable bonds is 2. The Kier molecular flexibility index (Phi) is 3.36. The number of ether oxygens (including phenoxy) is 1. The molecule has 0 bridgehead atoms. The van der Waals surface area contributed by atoms with Gasteiger partial charge in [-0.3, -0.25) is 0 Å². The van der Waals surface area contributed by atoms with Gasteiger partial charge in [-0.25, -0.2) is 8.78 Å². The molecule has 2 N–H and O–H groups in total. The maximum Gasteiger partial charge on any atom is 0.574 e. The Bertz CT molecular complexity index is 465. The maximum atomic E-state index is 12.5. The van der Waals surface area contributed by atoms with E-state index in [1.54, 1.807) is 0 Å². The first-order chi connectivity index (χ1) is 7.74. The highest BCUT2D eigenvalue weighted by molar-refractivity contribution is 5.50. The van der Waals surface area contributed by atoms with E-state index in [4.69, 9.17) is 11.0 Å². The summed E-state index contributed by atoms with van der Waals surface area (Å²) in [4.78, 5) is 2.99. The van der Waals surface area contributed by atoms with E-state index >= 15 is 0 Å². The summed E-state index contributed by atoms with van der Waals surface area (Å²) in [5.41, 5.74) is 3.12. The fourth-order valence-corrected chi connectivity index (χ4v) is 1.04. The predicted octanol–water partition coefficient (Wildman–Crippen LogP) is 2.37. The Hall–Kier alpha value is -2.11. The van der Waals surface area contributed by atoms with Crippen molar-refractivity contribution in [1.29, 1.82) is 5.26 Å². The number of nitrogen functional groups attached to an aromatic ring is 1. The smallest absolute Gasteiger partial charge is 0.387 e. The van der Waals surface area contributed by atoms with Crippen molar-refractivity contribution < 1.29 is 26.7 Å². The molecule has 0 aliphatic heterocycles. The van der Waals surface area contributed by atoms with E-state index in [2.05, 4.69) is 9.72 Å². The lowest BCUT2D eigenvalue weighted by molar-refractivity contribution is -0.276. The summed E-state index contributed by atoms with van der Waals surface area (Å²) in [5.74, 6) is -1.94. The Morgan fingerprint density at radius 2 is 2.00 bits per heavy atom. The number of anilines is 1. The van der Waals surface area contributed by atoms with E-state index in [0.717, 1.165) is 6.07 Å². The van der Waals surface area contributed by atoms with Gasteiger partial charge >= 0.3 is 6.36 Å². The van der Waals surface area contributed by atoms with E-state index in [1.807, 2.05) is 0 Å². The van der Waals surface area contributed by atoms with Crippen molar-refractivity contribution in [1.82, 2.24) is 4.98 Å². The Labute approximate surface area is 91.4 Å². The third-order valence-corrected chi connectivity index (χ3v) is 1.59. The molecule has 0 unspecified atom stereocenters. The van der Waals surface area contributed by atoms with E-state index in [1.165, 1.54) is 6.07 Å². The molecule has 1 aromatic heterocycles. The highest BCUT2D eigenvalue weighted by Gasteiger charge is 2.35. The van der Waals surface area contributed by atoms with Crippen LogP contribution in [0.1, 0.15) is 17.6 Å². The van der Waals surface area contributed by atoms with Crippen molar-refractivity contribution in [3.63, 3.8) is 0 Å². The molecule has 9 heteroatoms. The topological polar surface area (TPSA) is 71.9 Å². The van der Waals surface area contributed by atoms with Gasteiger partial charge in [-0.15, -0.1) is 13.2 Å². The van der Waals surface area contributed by atoms with Gasteiger partial charge in [0, 0.05) is 0 Å². The molecule has 0 atom stereocenters. The summed E-state index contributed by atoms with van der Waals surface area (Å²) in [6, 6.07) is 2.04. The second-order valence-corrected chi connectivity index (χ2v) is 2.77. The van der Waals surface area contributed by atoms with Gasteiger partial charge in [0.25, 0.3) is 6.43 Å². The molecule has 1 heterocycles. The number of hydrogen-bond acceptors (Lipinski definition) is 4. The number of pyridine rings is 1. The third kappa shape index (κ3) is 3.17. The summed E-state index contributed by atoms with van der Waals surface area (Å²) in [7, 11) is 0. The molecule has 0 aliphatic rings. The van der Waals surface area contributed by atoms with E-state index in [-0.39, 0.29) is 0 Å². The highest BCUT2D eigenvalue weighted by Crippen LogP contribution is 2.34. The van der Waals surface area contributed by atoms with Crippen LogP contribution in [0.15, 0.2) is 6.07 Å². The van der Waals surface area contributed by atoms with Gasteiger partial charge in [0.05, 0.1) is 17.2 Å². The summed E-state index contributed by atoms with van der Waals surface area (Å²) in [5, 5.41) is 8.51. The summed E-state index contributed by atoms with van der Waals surface area (Å²) in [6.45, 7) is 0. The Balaban J connectivity index is 3.37. The number of alkyl halides is 5. The predicted molar refractivity (Wildman–Crippen MR) is 45.0 cm³/mol. The summed E-state index contributed by atoms with van der Waals surface area (Å²) in [6.07, 6.45) is -8.54. The lowest BCUT2D eigenvalue weighted by Crippen LogP contribution is -2.20. The molecule has 1 aromatic rings. The molecule has 0 saturated carbocycles. The molecular weight excluding hydrogens is 249 g/mol. The zero-order valence-electron chi connectivity index (χ0n) is 7.92.